The lowest BCUT2D eigenvalue weighted by atomic mass is 10.2. The first-order valence-corrected chi connectivity index (χ1v) is 11.2. The summed E-state index contributed by atoms with van der Waals surface area (Å²) in [6.45, 7) is 0.728. The summed E-state index contributed by atoms with van der Waals surface area (Å²) in [5.41, 5.74) is 2.04. The normalized spacial score (nSPS) is 15.9. The zero-order valence-electron chi connectivity index (χ0n) is 18.6. The number of thioether (sulfide) groups is 1. The van der Waals surface area contributed by atoms with Gasteiger partial charge in [0.2, 0.25) is 0 Å². The van der Waals surface area contributed by atoms with Crippen LogP contribution in [0.25, 0.3) is 11.8 Å². The molecule has 2 aromatic carbocycles. The van der Waals surface area contributed by atoms with E-state index in [-0.39, 0.29) is 11.6 Å². The van der Waals surface area contributed by atoms with Crippen molar-refractivity contribution in [2.75, 3.05) is 27.4 Å². The van der Waals surface area contributed by atoms with E-state index < -0.39 is 4.92 Å². The summed E-state index contributed by atoms with van der Waals surface area (Å²) in [6.07, 6.45) is 3.56. The Balaban J connectivity index is 1.67. The molecular formula is C24H22N4O5S. The van der Waals surface area contributed by atoms with Crippen LogP contribution in [0.5, 0.6) is 5.75 Å². The molecule has 3 aromatic rings. The number of benzene rings is 2. The molecule has 0 unspecified atom stereocenters. The van der Waals surface area contributed by atoms with E-state index in [0.717, 1.165) is 5.75 Å². The van der Waals surface area contributed by atoms with Crippen molar-refractivity contribution >= 4 is 40.3 Å². The molecule has 1 amide bonds. The average molecular weight is 479 g/mol. The molecule has 0 radical (unpaired) electrons. The third-order valence-corrected chi connectivity index (χ3v) is 6.09. The molecule has 1 aliphatic rings. The lowest BCUT2D eigenvalue weighted by molar-refractivity contribution is -0.384. The van der Waals surface area contributed by atoms with Crippen molar-refractivity contribution in [1.29, 1.82) is 0 Å². The second-order valence-electron chi connectivity index (χ2n) is 7.23. The number of amides is 1. The molecule has 0 saturated carbocycles. The summed E-state index contributed by atoms with van der Waals surface area (Å²) in [7, 11) is 3.18. The number of aliphatic imine (C=N–C) groups is 1. The highest BCUT2D eigenvalue weighted by Gasteiger charge is 2.33. The van der Waals surface area contributed by atoms with Gasteiger partial charge < -0.3 is 14.0 Å². The molecule has 174 valence electrons. The number of ether oxygens (including phenoxy) is 2. The summed E-state index contributed by atoms with van der Waals surface area (Å²) >= 11 is 1.27. The van der Waals surface area contributed by atoms with E-state index in [1.165, 1.54) is 23.9 Å². The van der Waals surface area contributed by atoms with Crippen LogP contribution in [0.1, 0.15) is 5.69 Å². The number of non-ortho nitro benzene ring substituents is 1. The van der Waals surface area contributed by atoms with E-state index in [1.807, 2.05) is 36.4 Å². The Labute approximate surface area is 200 Å². The summed E-state index contributed by atoms with van der Waals surface area (Å²) in [6, 6.07) is 17.3. The van der Waals surface area contributed by atoms with Gasteiger partial charge in [-0.05, 0) is 60.3 Å². The van der Waals surface area contributed by atoms with Gasteiger partial charge in [-0.3, -0.25) is 19.8 Å². The maximum absolute atomic E-state index is 13.2. The minimum absolute atomic E-state index is 0.00391. The molecule has 1 saturated heterocycles. The van der Waals surface area contributed by atoms with E-state index in [4.69, 9.17) is 9.47 Å². The largest absolute Gasteiger partial charge is 0.497 e. The van der Waals surface area contributed by atoms with E-state index in [0.29, 0.717) is 40.3 Å². The van der Waals surface area contributed by atoms with Gasteiger partial charge in [-0.25, -0.2) is 4.99 Å². The lowest BCUT2D eigenvalue weighted by Gasteiger charge is -2.14. The molecule has 10 heteroatoms. The molecule has 2 heterocycles. The standard InChI is InChI=1S/C24H22N4O5S/c1-32-14-13-27-23(29)22(34-24(27)25-17-8-10-21(33-2)11-9-17)16-19-7-4-12-26(19)18-5-3-6-20(15-18)28(30)31/h3-12,15-16H,13-14H2,1-2H3/b22-16-,25-24?. The fraction of sp³-hybridized carbons (Fsp3) is 0.167. The van der Waals surface area contributed by atoms with Crippen LogP contribution in [-0.2, 0) is 9.53 Å². The van der Waals surface area contributed by atoms with Gasteiger partial charge in [0, 0.05) is 31.1 Å². The van der Waals surface area contributed by atoms with Crippen molar-refractivity contribution in [3.05, 3.63) is 87.6 Å². The number of aromatic nitrogens is 1. The van der Waals surface area contributed by atoms with Crippen LogP contribution < -0.4 is 4.74 Å². The van der Waals surface area contributed by atoms with Crippen LogP contribution in [0.4, 0.5) is 11.4 Å². The first-order chi connectivity index (χ1) is 16.5. The van der Waals surface area contributed by atoms with Gasteiger partial charge in [-0.2, -0.15) is 0 Å². The predicted molar refractivity (Wildman–Crippen MR) is 132 cm³/mol. The van der Waals surface area contributed by atoms with Gasteiger partial charge in [0.25, 0.3) is 11.6 Å². The molecule has 0 atom stereocenters. The molecule has 34 heavy (non-hydrogen) atoms. The summed E-state index contributed by atoms with van der Waals surface area (Å²) in [5.74, 6) is 0.541. The minimum Gasteiger partial charge on any atom is -0.497 e. The van der Waals surface area contributed by atoms with Crippen molar-refractivity contribution in [2.24, 2.45) is 4.99 Å². The number of nitrogens with zero attached hydrogens (tertiary/aromatic N) is 4. The van der Waals surface area contributed by atoms with Crippen molar-refractivity contribution < 1.29 is 19.2 Å². The molecule has 4 rings (SSSR count). The Bertz CT molecular complexity index is 1270. The maximum atomic E-state index is 13.2. The average Bonchev–Trinajstić information content (AvgIpc) is 3.43. The Morgan fingerprint density at radius 1 is 1.12 bits per heavy atom. The fourth-order valence-corrected chi connectivity index (χ4v) is 4.39. The van der Waals surface area contributed by atoms with Crippen molar-refractivity contribution in [1.82, 2.24) is 9.47 Å². The zero-order valence-corrected chi connectivity index (χ0v) is 19.4. The first kappa shape index (κ1) is 23.3. The van der Waals surface area contributed by atoms with Gasteiger partial charge in [0.05, 0.1) is 41.5 Å². The summed E-state index contributed by atoms with van der Waals surface area (Å²) in [4.78, 5) is 30.7. The van der Waals surface area contributed by atoms with E-state index >= 15 is 0 Å². The van der Waals surface area contributed by atoms with Gasteiger partial charge in [-0.15, -0.1) is 0 Å². The van der Waals surface area contributed by atoms with Crippen LogP contribution in [0.15, 0.2) is 76.8 Å². The molecule has 1 aromatic heterocycles. The van der Waals surface area contributed by atoms with Crippen LogP contribution in [-0.4, -0.2) is 52.8 Å². The Hall–Kier alpha value is -3.89. The maximum Gasteiger partial charge on any atom is 0.271 e. The third-order valence-electron chi connectivity index (χ3n) is 5.08. The van der Waals surface area contributed by atoms with E-state index in [2.05, 4.69) is 4.99 Å². The summed E-state index contributed by atoms with van der Waals surface area (Å²) < 4.78 is 12.2. The van der Waals surface area contributed by atoms with Crippen molar-refractivity contribution in [3.63, 3.8) is 0 Å². The minimum atomic E-state index is -0.433. The highest BCUT2D eigenvalue weighted by atomic mass is 32.2. The van der Waals surface area contributed by atoms with Crippen LogP contribution in [0.2, 0.25) is 0 Å². The van der Waals surface area contributed by atoms with Crippen molar-refractivity contribution in [2.45, 2.75) is 0 Å². The molecule has 0 N–H and O–H groups in total. The summed E-state index contributed by atoms with van der Waals surface area (Å²) in [5, 5.41) is 11.7. The smallest absolute Gasteiger partial charge is 0.271 e. The predicted octanol–water partition coefficient (Wildman–Crippen LogP) is 4.64. The molecule has 9 nitrogen and oxygen atoms in total. The molecule has 0 aliphatic carbocycles. The quantitative estimate of drug-likeness (QED) is 0.266. The Kier molecular flexibility index (Phi) is 7.09. The van der Waals surface area contributed by atoms with Gasteiger partial charge in [-0.1, -0.05) is 6.07 Å². The highest BCUT2D eigenvalue weighted by Crippen LogP contribution is 2.35. The highest BCUT2D eigenvalue weighted by molar-refractivity contribution is 8.18. The number of carbonyl (C=O) groups is 1. The second-order valence-corrected chi connectivity index (χ2v) is 8.24. The van der Waals surface area contributed by atoms with E-state index in [1.54, 1.807) is 48.1 Å². The Morgan fingerprint density at radius 3 is 2.62 bits per heavy atom. The molecule has 0 bridgehead atoms. The topological polar surface area (TPSA) is 99.2 Å². The number of carbonyl (C=O) groups excluding carboxylic acids is 1. The van der Waals surface area contributed by atoms with Gasteiger partial charge in [0.1, 0.15) is 5.75 Å². The lowest BCUT2D eigenvalue weighted by Crippen LogP contribution is -2.32. The number of rotatable bonds is 8. The monoisotopic (exact) mass is 478 g/mol. The second kappa shape index (κ2) is 10.4. The third kappa shape index (κ3) is 5.03. The number of amidine groups is 1. The van der Waals surface area contributed by atoms with Crippen LogP contribution >= 0.6 is 11.8 Å². The zero-order chi connectivity index (χ0) is 24.1. The molecule has 1 aliphatic heterocycles. The van der Waals surface area contributed by atoms with Crippen LogP contribution in [0.3, 0.4) is 0 Å². The van der Waals surface area contributed by atoms with Crippen LogP contribution in [0, 0.1) is 10.1 Å². The van der Waals surface area contributed by atoms with E-state index in [9.17, 15) is 14.9 Å². The number of methoxy groups -OCH3 is 2. The van der Waals surface area contributed by atoms with Gasteiger partial charge in [0.15, 0.2) is 5.17 Å². The Morgan fingerprint density at radius 2 is 1.91 bits per heavy atom. The molecular weight excluding hydrogens is 456 g/mol. The SMILES string of the molecule is COCCN1C(=O)/C(=C/c2cccn2-c2cccc([N+](=O)[O-])c2)SC1=Nc1ccc(OC)cc1. The number of hydrogen-bond donors (Lipinski definition) is 0. The number of nitro benzene ring substituents is 1. The molecule has 0 spiro atoms. The molecule has 1 fully saturated rings. The fourth-order valence-electron chi connectivity index (χ4n) is 3.38. The first-order valence-electron chi connectivity index (χ1n) is 10.4. The number of hydrogen-bond acceptors (Lipinski definition) is 7. The van der Waals surface area contributed by atoms with Crippen molar-refractivity contribution in [3.8, 4) is 11.4 Å². The number of nitro groups is 1. The van der Waals surface area contributed by atoms with Gasteiger partial charge >= 0.3 is 0 Å².